The summed E-state index contributed by atoms with van der Waals surface area (Å²) >= 11 is 6.12. The Labute approximate surface area is 183 Å². The first-order valence-corrected chi connectivity index (χ1v) is 11.6. The summed E-state index contributed by atoms with van der Waals surface area (Å²) in [7, 11) is 0. The Bertz CT molecular complexity index is 929. The van der Waals surface area contributed by atoms with E-state index in [-0.39, 0.29) is 40.3 Å². The molecule has 7 atom stereocenters. The largest absolute Gasteiger partial charge is 0.344 e. The Kier molecular flexibility index (Phi) is 4.25. The summed E-state index contributed by atoms with van der Waals surface area (Å²) < 4.78 is 12.8. The second-order valence-corrected chi connectivity index (χ2v) is 11.1. The molecule has 1 heterocycles. The maximum Gasteiger partial charge on any atom is 0.182 e. The first kappa shape index (κ1) is 20.7. The molecule has 5 rings (SSSR count). The van der Waals surface area contributed by atoms with Crippen molar-refractivity contribution in [2.75, 3.05) is 5.88 Å². The van der Waals surface area contributed by atoms with Crippen molar-refractivity contribution in [1.82, 2.24) is 0 Å². The van der Waals surface area contributed by atoms with Gasteiger partial charge < -0.3 is 9.47 Å². The van der Waals surface area contributed by atoms with Crippen molar-refractivity contribution in [3.05, 3.63) is 35.5 Å². The van der Waals surface area contributed by atoms with Gasteiger partial charge in [-0.3, -0.25) is 9.59 Å². The van der Waals surface area contributed by atoms with Gasteiger partial charge in [0.1, 0.15) is 0 Å². The molecule has 4 aliphatic carbocycles. The number of ether oxygens (including phenoxy) is 2. The van der Waals surface area contributed by atoms with Crippen LogP contribution >= 0.6 is 11.6 Å². The number of Topliss-reactive ketones (excluding diaryl/α,β-unsaturated/α-hetero) is 1. The van der Waals surface area contributed by atoms with Crippen LogP contribution in [0.3, 0.4) is 0 Å². The van der Waals surface area contributed by atoms with Crippen molar-refractivity contribution >= 4 is 23.2 Å². The molecule has 1 saturated heterocycles. The van der Waals surface area contributed by atoms with Gasteiger partial charge >= 0.3 is 0 Å². The molecule has 1 aliphatic heterocycles. The molecule has 162 valence electrons. The molecule has 5 aliphatic rings. The molecule has 0 N–H and O–H groups in total. The van der Waals surface area contributed by atoms with Crippen molar-refractivity contribution in [3.63, 3.8) is 0 Å². The van der Waals surface area contributed by atoms with E-state index in [4.69, 9.17) is 21.1 Å². The minimum absolute atomic E-state index is 0.0552. The summed E-state index contributed by atoms with van der Waals surface area (Å²) in [5.41, 5.74) is 1.03. The molecule has 0 aromatic carbocycles. The Morgan fingerprint density at radius 3 is 2.63 bits per heavy atom. The lowest BCUT2D eigenvalue weighted by molar-refractivity contribution is -0.203. The number of allylic oxidation sites excluding steroid dienone is 6. The number of alkyl halides is 1. The molecule has 5 heteroatoms. The smallest absolute Gasteiger partial charge is 0.182 e. The summed E-state index contributed by atoms with van der Waals surface area (Å²) in [6, 6.07) is 0. The van der Waals surface area contributed by atoms with Crippen LogP contribution in [0.15, 0.2) is 35.5 Å². The summed E-state index contributed by atoms with van der Waals surface area (Å²) in [4.78, 5) is 25.4. The zero-order valence-corrected chi connectivity index (χ0v) is 19.2. The van der Waals surface area contributed by atoms with Crippen molar-refractivity contribution < 1.29 is 19.1 Å². The number of fused-ring (bicyclic) bond motifs is 7. The topological polar surface area (TPSA) is 52.6 Å². The van der Waals surface area contributed by atoms with Crippen LogP contribution in [0, 0.1) is 28.6 Å². The van der Waals surface area contributed by atoms with Crippen LogP contribution in [0.1, 0.15) is 53.9 Å². The fourth-order valence-corrected chi connectivity index (χ4v) is 7.83. The van der Waals surface area contributed by atoms with Crippen molar-refractivity contribution in [1.29, 1.82) is 0 Å². The second kappa shape index (κ2) is 6.17. The minimum atomic E-state index is -0.996. The van der Waals surface area contributed by atoms with E-state index in [0.717, 1.165) is 19.3 Å². The van der Waals surface area contributed by atoms with Gasteiger partial charge in [-0.25, -0.2) is 0 Å². The van der Waals surface area contributed by atoms with Crippen molar-refractivity contribution in [2.45, 2.75) is 71.4 Å². The van der Waals surface area contributed by atoms with E-state index < -0.39 is 11.4 Å². The lowest BCUT2D eigenvalue weighted by Gasteiger charge is -2.55. The Balaban J connectivity index is 1.63. The summed E-state index contributed by atoms with van der Waals surface area (Å²) in [5.74, 6) is 0.0915. The average molecular weight is 431 g/mol. The Hall–Kier alpha value is -1.23. The predicted octanol–water partition coefficient (Wildman–Crippen LogP) is 4.77. The molecular weight excluding hydrogens is 400 g/mol. The fourth-order valence-electron chi connectivity index (χ4n) is 7.63. The highest BCUT2D eigenvalue weighted by Gasteiger charge is 2.74. The molecule has 0 radical (unpaired) electrons. The second-order valence-electron chi connectivity index (χ2n) is 10.8. The van der Waals surface area contributed by atoms with Crippen LogP contribution in [-0.4, -0.2) is 34.9 Å². The average Bonchev–Trinajstić information content (AvgIpc) is 3.09. The van der Waals surface area contributed by atoms with Crippen LogP contribution in [0.4, 0.5) is 0 Å². The lowest BCUT2D eigenvalue weighted by atomic mass is 9.49. The number of ketones is 2. The van der Waals surface area contributed by atoms with Gasteiger partial charge in [0.2, 0.25) is 0 Å². The molecule has 2 saturated carbocycles. The zero-order valence-electron chi connectivity index (χ0n) is 18.5. The van der Waals surface area contributed by atoms with E-state index >= 15 is 0 Å². The number of hydrogen-bond acceptors (Lipinski definition) is 4. The first-order chi connectivity index (χ1) is 14.0. The lowest BCUT2D eigenvalue weighted by Crippen LogP contribution is -2.59. The van der Waals surface area contributed by atoms with Gasteiger partial charge in [0, 0.05) is 10.8 Å². The molecule has 0 bridgehead atoms. The first-order valence-electron chi connectivity index (χ1n) is 11.1. The molecule has 0 unspecified atom stereocenters. The van der Waals surface area contributed by atoms with E-state index in [1.165, 1.54) is 11.1 Å². The van der Waals surface area contributed by atoms with Crippen LogP contribution in [-0.2, 0) is 19.1 Å². The van der Waals surface area contributed by atoms with Gasteiger partial charge in [-0.1, -0.05) is 31.6 Å². The molecule has 0 aromatic rings. The molecular formula is C25H31ClO4. The third-order valence-electron chi connectivity index (χ3n) is 8.80. The van der Waals surface area contributed by atoms with E-state index in [0.29, 0.717) is 11.8 Å². The number of rotatable bonds is 2. The molecule has 0 aromatic heterocycles. The maximum absolute atomic E-state index is 13.3. The van der Waals surface area contributed by atoms with Crippen LogP contribution in [0.2, 0.25) is 0 Å². The SMILES string of the molecule is C[C@H]1C[C@@H]2C(=CC[C@@]3(C)[C@H]2C[C@H]2OC(C)(C)O[C@]23C(=O)CCl)[C@@]2(C)C=CC(=O)C=C12. The van der Waals surface area contributed by atoms with Gasteiger partial charge in [0.25, 0.3) is 0 Å². The van der Waals surface area contributed by atoms with Crippen LogP contribution < -0.4 is 0 Å². The standard InChI is InChI=1S/C25H31ClO4/c1-14-10-16-17(23(4)8-6-15(27)11-18(14)23)7-9-24(5)19(16)12-21-25(24,20(28)13-26)30-22(2,3)29-21/h6-8,11,14,16,19,21H,9-10,12-13H2,1-5H3/t14-,16+,19-,21+,23+,24-,25+/m0/s1. The number of halogens is 1. The van der Waals surface area contributed by atoms with Crippen molar-refractivity contribution in [3.8, 4) is 0 Å². The minimum Gasteiger partial charge on any atom is -0.344 e. The van der Waals surface area contributed by atoms with E-state index in [1.807, 2.05) is 19.9 Å². The third kappa shape index (κ3) is 2.36. The van der Waals surface area contributed by atoms with Gasteiger partial charge in [-0.15, -0.1) is 11.6 Å². The Morgan fingerprint density at radius 2 is 1.93 bits per heavy atom. The van der Waals surface area contributed by atoms with E-state index in [2.05, 4.69) is 32.9 Å². The van der Waals surface area contributed by atoms with E-state index in [9.17, 15) is 9.59 Å². The third-order valence-corrected chi connectivity index (χ3v) is 9.05. The highest BCUT2D eigenvalue weighted by Crippen LogP contribution is 2.69. The van der Waals surface area contributed by atoms with E-state index in [1.54, 1.807) is 6.08 Å². The van der Waals surface area contributed by atoms with Gasteiger partial charge in [0.05, 0.1) is 12.0 Å². The van der Waals surface area contributed by atoms with Gasteiger partial charge in [-0.05, 0) is 75.5 Å². The highest BCUT2D eigenvalue weighted by atomic mass is 35.5. The molecule has 0 spiro atoms. The number of carbonyl (C=O) groups is 2. The maximum atomic E-state index is 13.3. The van der Waals surface area contributed by atoms with Crippen LogP contribution in [0.5, 0.6) is 0 Å². The fraction of sp³-hybridized carbons (Fsp3) is 0.680. The normalized spacial score (nSPS) is 48.3. The van der Waals surface area contributed by atoms with Gasteiger partial charge in [-0.2, -0.15) is 0 Å². The Morgan fingerprint density at radius 1 is 1.20 bits per heavy atom. The molecule has 4 nitrogen and oxygen atoms in total. The highest BCUT2D eigenvalue weighted by molar-refractivity contribution is 6.29. The van der Waals surface area contributed by atoms with Crippen LogP contribution in [0.25, 0.3) is 0 Å². The molecule has 3 fully saturated rings. The number of hydrogen-bond donors (Lipinski definition) is 0. The zero-order chi connectivity index (χ0) is 21.7. The summed E-state index contributed by atoms with van der Waals surface area (Å²) in [6.45, 7) is 10.5. The summed E-state index contributed by atoms with van der Waals surface area (Å²) in [5, 5.41) is 0. The number of carbonyl (C=O) groups excluding carboxylic acids is 2. The predicted molar refractivity (Wildman–Crippen MR) is 115 cm³/mol. The quantitative estimate of drug-likeness (QED) is 0.467. The monoisotopic (exact) mass is 430 g/mol. The van der Waals surface area contributed by atoms with Crippen molar-refractivity contribution in [2.24, 2.45) is 28.6 Å². The molecule has 0 amide bonds. The van der Waals surface area contributed by atoms with Gasteiger partial charge in [0.15, 0.2) is 23.0 Å². The summed E-state index contributed by atoms with van der Waals surface area (Å²) in [6.07, 6.45) is 10.2. The molecule has 30 heavy (non-hydrogen) atoms.